The Bertz CT molecular complexity index is 648. The van der Waals surface area contributed by atoms with Crippen molar-refractivity contribution < 1.29 is 9.53 Å². The van der Waals surface area contributed by atoms with Crippen molar-refractivity contribution >= 4 is 11.7 Å². The van der Waals surface area contributed by atoms with Crippen molar-refractivity contribution in [2.45, 2.75) is 19.9 Å². The molecular formula is C19H19NO2. The van der Waals surface area contributed by atoms with Crippen molar-refractivity contribution in [2.75, 3.05) is 6.61 Å². The average Bonchev–Trinajstić information content (AvgIpc) is 2.80. The van der Waals surface area contributed by atoms with Crippen LogP contribution in [0.25, 0.3) is 0 Å². The van der Waals surface area contributed by atoms with Gasteiger partial charge in [0.25, 0.3) is 0 Å². The molecule has 1 heterocycles. The van der Waals surface area contributed by atoms with Crippen LogP contribution >= 0.6 is 0 Å². The van der Waals surface area contributed by atoms with Gasteiger partial charge in [0.1, 0.15) is 0 Å². The molecule has 3 rings (SSSR count). The first kappa shape index (κ1) is 14.5. The lowest BCUT2D eigenvalue weighted by Gasteiger charge is -2.20. The number of rotatable bonds is 3. The summed E-state index contributed by atoms with van der Waals surface area (Å²) >= 11 is 0. The summed E-state index contributed by atoms with van der Waals surface area (Å²) in [5.41, 5.74) is 2.55. The van der Waals surface area contributed by atoms with Crippen LogP contribution in [0.5, 0.6) is 0 Å². The fourth-order valence-electron chi connectivity index (χ4n) is 2.60. The molecule has 0 radical (unpaired) electrons. The Kier molecular flexibility index (Phi) is 3.80. The van der Waals surface area contributed by atoms with Gasteiger partial charge in [0.2, 0.25) is 0 Å². The van der Waals surface area contributed by atoms with E-state index in [4.69, 9.17) is 9.73 Å². The van der Waals surface area contributed by atoms with Crippen molar-refractivity contribution in [1.29, 1.82) is 0 Å². The van der Waals surface area contributed by atoms with Gasteiger partial charge in [-0.25, -0.2) is 4.79 Å². The van der Waals surface area contributed by atoms with Gasteiger partial charge in [-0.1, -0.05) is 74.5 Å². The molecule has 1 fully saturated rings. The fourth-order valence-corrected chi connectivity index (χ4v) is 2.60. The lowest BCUT2D eigenvalue weighted by Crippen LogP contribution is -2.29. The molecule has 2 aromatic carbocycles. The molecule has 0 saturated carbocycles. The Hall–Kier alpha value is -2.42. The molecule has 0 aliphatic carbocycles. The number of carbonyl (C=O) groups is 1. The number of hydrogen-bond acceptors (Lipinski definition) is 3. The zero-order valence-electron chi connectivity index (χ0n) is 12.8. The number of ether oxygens (including phenoxy) is 1. The quantitative estimate of drug-likeness (QED) is 0.642. The number of aliphatic imine (C=N–C) groups is 1. The Labute approximate surface area is 130 Å². The Morgan fingerprint density at radius 2 is 1.50 bits per heavy atom. The minimum absolute atomic E-state index is 0.241. The molecule has 1 atom stereocenters. The Morgan fingerprint density at radius 3 is 1.91 bits per heavy atom. The third-order valence-electron chi connectivity index (χ3n) is 3.90. The molecule has 0 amide bonds. The second-order valence-corrected chi connectivity index (χ2v) is 6.21. The zero-order chi connectivity index (χ0) is 15.6. The number of hydrogen-bond donors (Lipinski definition) is 0. The van der Waals surface area contributed by atoms with Crippen molar-refractivity contribution in [3.8, 4) is 0 Å². The van der Waals surface area contributed by atoms with E-state index >= 15 is 0 Å². The minimum Gasteiger partial charge on any atom is -0.463 e. The van der Waals surface area contributed by atoms with E-state index in [9.17, 15) is 4.79 Å². The standard InChI is InChI=1S/C19H19NO2/c1-19(2)13-22-18(21)17(19)20-16(14-9-5-3-6-10-14)15-11-7-4-8-12-15/h3-12,17H,13H2,1-2H3. The number of carbonyl (C=O) groups excluding carboxylic acids is 1. The van der Waals surface area contributed by atoms with E-state index < -0.39 is 6.04 Å². The molecule has 1 aliphatic rings. The summed E-state index contributed by atoms with van der Waals surface area (Å²) in [6, 6.07) is 19.4. The maximum Gasteiger partial charge on any atom is 0.331 e. The van der Waals surface area contributed by atoms with E-state index in [2.05, 4.69) is 0 Å². The van der Waals surface area contributed by atoms with Gasteiger partial charge < -0.3 is 4.74 Å². The van der Waals surface area contributed by atoms with E-state index in [1.165, 1.54) is 0 Å². The molecular weight excluding hydrogens is 274 g/mol. The smallest absolute Gasteiger partial charge is 0.331 e. The summed E-state index contributed by atoms with van der Waals surface area (Å²) in [5.74, 6) is -0.241. The molecule has 1 unspecified atom stereocenters. The molecule has 0 N–H and O–H groups in total. The second kappa shape index (κ2) is 5.76. The lowest BCUT2D eigenvalue weighted by molar-refractivity contribution is -0.138. The van der Waals surface area contributed by atoms with Gasteiger partial charge in [0, 0.05) is 16.5 Å². The Morgan fingerprint density at radius 1 is 1.00 bits per heavy atom. The van der Waals surface area contributed by atoms with Crippen molar-refractivity contribution in [1.82, 2.24) is 0 Å². The molecule has 112 valence electrons. The van der Waals surface area contributed by atoms with Gasteiger partial charge in [-0.2, -0.15) is 0 Å². The van der Waals surface area contributed by atoms with Gasteiger partial charge in [-0.15, -0.1) is 0 Å². The first-order valence-electron chi connectivity index (χ1n) is 7.43. The predicted molar refractivity (Wildman–Crippen MR) is 87.1 cm³/mol. The first-order valence-corrected chi connectivity index (χ1v) is 7.43. The largest absolute Gasteiger partial charge is 0.463 e. The van der Waals surface area contributed by atoms with Crippen LogP contribution in [0.4, 0.5) is 0 Å². The van der Waals surface area contributed by atoms with Crippen LogP contribution in [0, 0.1) is 5.41 Å². The highest BCUT2D eigenvalue weighted by Gasteiger charge is 2.43. The van der Waals surface area contributed by atoms with Crippen LogP contribution in [0.3, 0.4) is 0 Å². The van der Waals surface area contributed by atoms with Crippen molar-refractivity contribution in [2.24, 2.45) is 10.4 Å². The molecule has 22 heavy (non-hydrogen) atoms. The molecule has 3 nitrogen and oxygen atoms in total. The third-order valence-corrected chi connectivity index (χ3v) is 3.90. The van der Waals surface area contributed by atoms with Gasteiger partial charge in [0.15, 0.2) is 6.04 Å². The highest BCUT2D eigenvalue weighted by molar-refractivity contribution is 6.13. The molecule has 1 aliphatic heterocycles. The highest BCUT2D eigenvalue weighted by Crippen LogP contribution is 2.32. The van der Waals surface area contributed by atoms with E-state index in [0.717, 1.165) is 16.8 Å². The predicted octanol–water partition coefficient (Wildman–Crippen LogP) is 3.48. The van der Waals surface area contributed by atoms with E-state index in [1.54, 1.807) is 0 Å². The average molecular weight is 293 g/mol. The molecule has 1 saturated heterocycles. The van der Waals surface area contributed by atoms with Crippen LogP contribution < -0.4 is 0 Å². The normalized spacial score (nSPS) is 19.5. The first-order chi connectivity index (χ1) is 10.6. The van der Waals surface area contributed by atoms with Gasteiger partial charge in [-0.3, -0.25) is 4.99 Å². The number of cyclic esters (lactones) is 1. The molecule has 0 spiro atoms. The van der Waals surface area contributed by atoms with Crippen LogP contribution in [0.15, 0.2) is 65.7 Å². The van der Waals surface area contributed by atoms with E-state index in [1.807, 2.05) is 74.5 Å². The third kappa shape index (κ3) is 2.80. The van der Waals surface area contributed by atoms with E-state index in [-0.39, 0.29) is 11.4 Å². The monoisotopic (exact) mass is 293 g/mol. The summed E-state index contributed by atoms with van der Waals surface area (Å²) in [7, 11) is 0. The summed E-state index contributed by atoms with van der Waals surface area (Å²) in [6.45, 7) is 4.44. The molecule has 2 aromatic rings. The highest BCUT2D eigenvalue weighted by atomic mass is 16.5. The Balaban J connectivity index is 2.10. The SMILES string of the molecule is CC1(C)COC(=O)C1N=C(c1ccccc1)c1ccccc1. The van der Waals surface area contributed by atoms with Gasteiger partial charge >= 0.3 is 5.97 Å². The van der Waals surface area contributed by atoms with Crippen molar-refractivity contribution in [3.05, 3.63) is 71.8 Å². The topological polar surface area (TPSA) is 38.7 Å². The maximum absolute atomic E-state index is 12.1. The van der Waals surface area contributed by atoms with Crippen molar-refractivity contribution in [3.63, 3.8) is 0 Å². The van der Waals surface area contributed by atoms with Crippen LogP contribution in [-0.2, 0) is 9.53 Å². The summed E-state index contributed by atoms with van der Waals surface area (Å²) in [6.07, 6.45) is 0. The number of nitrogens with zero attached hydrogens (tertiary/aromatic N) is 1. The van der Waals surface area contributed by atoms with Gasteiger partial charge in [-0.05, 0) is 0 Å². The van der Waals surface area contributed by atoms with Crippen LogP contribution in [0.1, 0.15) is 25.0 Å². The molecule has 3 heteroatoms. The lowest BCUT2D eigenvalue weighted by atomic mass is 9.87. The minimum atomic E-state index is -0.470. The second-order valence-electron chi connectivity index (χ2n) is 6.21. The zero-order valence-corrected chi connectivity index (χ0v) is 12.8. The molecule has 0 aromatic heterocycles. The van der Waals surface area contributed by atoms with E-state index in [0.29, 0.717) is 6.61 Å². The fraction of sp³-hybridized carbons (Fsp3) is 0.263. The van der Waals surface area contributed by atoms with Crippen LogP contribution in [0.2, 0.25) is 0 Å². The van der Waals surface area contributed by atoms with Gasteiger partial charge in [0.05, 0.1) is 12.3 Å². The summed E-state index contributed by atoms with van der Waals surface area (Å²) in [5, 5.41) is 0. The summed E-state index contributed by atoms with van der Waals surface area (Å²) in [4.78, 5) is 16.9. The maximum atomic E-state index is 12.1. The number of benzene rings is 2. The van der Waals surface area contributed by atoms with Crippen LogP contribution in [-0.4, -0.2) is 24.3 Å². The summed E-state index contributed by atoms with van der Waals surface area (Å²) < 4.78 is 5.21. The molecule has 0 bridgehead atoms. The number of esters is 1.